The van der Waals surface area contributed by atoms with E-state index in [1.165, 1.54) is 40.9 Å². The lowest BCUT2D eigenvalue weighted by Crippen LogP contribution is -2.48. The number of carbonyl (C=O) groups excluding carboxylic acids is 2. The lowest BCUT2D eigenvalue weighted by Gasteiger charge is -2.35. The molecule has 10 nitrogen and oxygen atoms in total. The fourth-order valence-electron chi connectivity index (χ4n) is 3.66. The largest absolute Gasteiger partial charge is 0.453 e. The number of benzene rings is 1. The number of fused-ring (bicyclic) bond motifs is 1. The lowest BCUT2D eigenvalue weighted by molar-refractivity contribution is 0.0804. The van der Waals surface area contributed by atoms with E-state index in [1.807, 2.05) is 19.1 Å². The van der Waals surface area contributed by atoms with Crippen LogP contribution in [0.3, 0.4) is 0 Å². The first-order chi connectivity index (χ1) is 17.1. The number of rotatable bonds is 4. The molecule has 1 aliphatic rings. The summed E-state index contributed by atoms with van der Waals surface area (Å²) in [6.07, 6.45) is 2.52. The van der Waals surface area contributed by atoms with Crippen LogP contribution in [0.1, 0.15) is 37.5 Å². The molecule has 1 saturated heterocycles. The molecule has 33 heavy (non-hydrogen) atoms. The molecule has 0 bridgehead atoms. The van der Waals surface area contributed by atoms with Gasteiger partial charge in [-0.3, -0.25) is 9.20 Å². The number of nitrogens with one attached hydrogen (secondary N) is 1. The minimum atomic E-state index is -2.26. The van der Waals surface area contributed by atoms with Crippen LogP contribution in [0, 0.1) is 13.8 Å². The maximum atomic E-state index is 13.0. The van der Waals surface area contributed by atoms with E-state index in [0.29, 0.717) is 41.7 Å². The number of hydrogen-bond acceptors (Lipinski definition) is 7. The van der Waals surface area contributed by atoms with Crippen LogP contribution in [0.4, 0.5) is 10.5 Å². The number of likely N-dealkylation sites (tertiary alicyclic amines) is 1. The molecule has 1 N–H and O–H groups in total. The first-order valence-electron chi connectivity index (χ1n) is 11.7. The molecule has 1 aliphatic heterocycles. The topological polar surface area (TPSA) is 115 Å². The summed E-state index contributed by atoms with van der Waals surface area (Å²) >= 11 is 0. The van der Waals surface area contributed by atoms with Gasteiger partial charge in [-0.1, -0.05) is 17.3 Å². The highest BCUT2D eigenvalue weighted by molar-refractivity contribution is 6.04. The van der Waals surface area contributed by atoms with Crippen molar-refractivity contribution in [2.75, 3.05) is 25.5 Å². The van der Waals surface area contributed by atoms with Gasteiger partial charge in [0.2, 0.25) is 11.7 Å². The van der Waals surface area contributed by atoms with Gasteiger partial charge in [-0.05, 0) is 43.1 Å². The third-order valence-corrected chi connectivity index (χ3v) is 5.60. The molecule has 4 heterocycles. The fourth-order valence-corrected chi connectivity index (χ4v) is 3.66. The number of carbonyl (C=O) groups is 2. The van der Waals surface area contributed by atoms with E-state index in [0.717, 1.165) is 5.56 Å². The number of amides is 2. The monoisotopic (exact) mass is 449 g/mol. The summed E-state index contributed by atoms with van der Waals surface area (Å²) in [7, 11) is 1.33. The van der Waals surface area contributed by atoms with Crippen LogP contribution in [0.25, 0.3) is 17.0 Å². The maximum absolute atomic E-state index is 13.0. The highest BCUT2D eigenvalue weighted by atomic mass is 16.5. The van der Waals surface area contributed by atoms with E-state index < -0.39 is 18.9 Å². The zero-order valence-corrected chi connectivity index (χ0v) is 17.9. The molecule has 4 aromatic rings. The van der Waals surface area contributed by atoms with Crippen molar-refractivity contribution in [3.05, 3.63) is 65.4 Å². The van der Waals surface area contributed by atoms with Crippen molar-refractivity contribution in [2.24, 2.45) is 0 Å². The van der Waals surface area contributed by atoms with Gasteiger partial charge in [0.1, 0.15) is 11.3 Å². The lowest BCUT2D eigenvalue weighted by atomic mass is 10.0. The minimum Gasteiger partial charge on any atom is -0.453 e. The van der Waals surface area contributed by atoms with Crippen LogP contribution >= 0.6 is 0 Å². The standard InChI is InChI=1S/C23H22N6O4/c1-13-6-7-29-18(10-24-19(29)8-13)21(30)25-17-9-15(5-4-14(17)2)20-26-22(33-27-20)16-11-28(12-16)23(31)32-3/h4-10,16H,11-12H2,1-3H3,(H,25,30)/i1D3. The van der Waals surface area contributed by atoms with Crippen LogP contribution in [0.5, 0.6) is 0 Å². The Morgan fingerprint density at radius 3 is 2.91 bits per heavy atom. The van der Waals surface area contributed by atoms with Gasteiger partial charge >= 0.3 is 6.09 Å². The second-order valence-corrected chi connectivity index (χ2v) is 7.80. The molecule has 168 valence electrons. The minimum absolute atomic E-state index is 0.0593. The summed E-state index contributed by atoms with van der Waals surface area (Å²) < 4.78 is 34.3. The summed E-state index contributed by atoms with van der Waals surface area (Å²) in [5.74, 6) is 0.328. The molecule has 0 spiro atoms. The summed E-state index contributed by atoms with van der Waals surface area (Å²) in [6, 6.07) is 8.30. The summed E-state index contributed by atoms with van der Waals surface area (Å²) in [6.45, 7) is 0.476. The van der Waals surface area contributed by atoms with Crippen molar-refractivity contribution in [1.29, 1.82) is 0 Å². The van der Waals surface area contributed by atoms with Gasteiger partial charge in [0.25, 0.3) is 5.91 Å². The van der Waals surface area contributed by atoms with Crippen molar-refractivity contribution in [1.82, 2.24) is 24.4 Å². The zero-order valence-electron chi connectivity index (χ0n) is 20.9. The Balaban J connectivity index is 1.34. The average molecular weight is 449 g/mol. The number of ether oxygens (including phenoxy) is 1. The number of methoxy groups -OCH3 is 1. The molecular formula is C23H22N6O4. The van der Waals surface area contributed by atoms with Crippen molar-refractivity contribution < 1.29 is 23.0 Å². The zero-order chi connectivity index (χ0) is 25.6. The second kappa shape index (κ2) is 8.05. The highest BCUT2D eigenvalue weighted by Gasteiger charge is 2.36. The average Bonchev–Trinajstić information content (AvgIpc) is 3.46. The molecule has 1 aromatic carbocycles. The maximum Gasteiger partial charge on any atom is 0.409 e. The van der Waals surface area contributed by atoms with Crippen LogP contribution in [0.15, 0.2) is 47.2 Å². The molecule has 0 unspecified atom stereocenters. The molecule has 0 radical (unpaired) electrons. The Morgan fingerprint density at radius 1 is 1.27 bits per heavy atom. The molecule has 1 fully saturated rings. The highest BCUT2D eigenvalue weighted by Crippen LogP contribution is 2.29. The molecule has 10 heteroatoms. The predicted molar refractivity (Wildman–Crippen MR) is 119 cm³/mol. The van der Waals surface area contributed by atoms with Crippen LogP contribution in [-0.4, -0.2) is 56.6 Å². The Labute approximate surface area is 193 Å². The molecule has 0 atom stereocenters. The summed E-state index contributed by atoms with van der Waals surface area (Å²) in [4.78, 5) is 34.8. The molecule has 5 rings (SSSR count). The summed E-state index contributed by atoms with van der Waals surface area (Å²) in [5.41, 5.74) is 2.79. The third-order valence-electron chi connectivity index (χ3n) is 5.60. The van der Waals surface area contributed by atoms with Crippen molar-refractivity contribution >= 4 is 23.3 Å². The van der Waals surface area contributed by atoms with Crippen molar-refractivity contribution in [3.8, 4) is 11.4 Å². The Kier molecular flexibility index (Phi) is 4.23. The number of hydrogen-bond donors (Lipinski definition) is 1. The first-order valence-corrected chi connectivity index (χ1v) is 10.2. The van der Waals surface area contributed by atoms with Gasteiger partial charge in [0.15, 0.2) is 0 Å². The van der Waals surface area contributed by atoms with E-state index in [-0.39, 0.29) is 17.2 Å². The smallest absolute Gasteiger partial charge is 0.409 e. The number of anilines is 1. The molecule has 0 saturated carbocycles. The van der Waals surface area contributed by atoms with E-state index in [4.69, 9.17) is 13.4 Å². The first kappa shape index (κ1) is 17.4. The molecule has 3 aromatic heterocycles. The van der Waals surface area contributed by atoms with Gasteiger partial charge < -0.3 is 19.5 Å². The van der Waals surface area contributed by atoms with E-state index in [1.54, 1.807) is 6.07 Å². The quantitative estimate of drug-likeness (QED) is 0.508. The Morgan fingerprint density at radius 2 is 2.12 bits per heavy atom. The Bertz CT molecular complexity index is 1470. The number of aromatic nitrogens is 4. The molecular weight excluding hydrogens is 424 g/mol. The number of aryl methyl sites for hydroxylation is 2. The van der Waals surface area contributed by atoms with Crippen molar-refractivity contribution in [3.63, 3.8) is 0 Å². The molecule has 0 aliphatic carbocycles. The van der Waals surface area contributed by atoms with Crippen LogP contribution in [0.2, 0.25) is 0 Å². The molecule has 2 amide bonds. The third kappa shape index (κ3) is 3.79. The second-order valence-electron chi connectivity index (χ2n) is 7.80. The fraction of sp³-hybridized carbons (Fsp3) is 0.261. The number of pyridine rings is 1. The van der Waals surface area contributed by atoms with Crippen molar-refractivity contribution in [2.45, 2.75) is 19.7 Å². The normalized spacial score (nSPS) is 15.5. The van der Waals surface area contributed by atoms with Gasteiger partial charge in [-0.15, -0.1) is 0 Å². The predicted octanol–water partition coefficient (Wildman–Crippen LogP) is 3.42. The number of imidazole rings is 1. The van der Waals surface area contributed by atoms with E-state index in [9.17, 15) is 9.59 Å². The van der Waals surface area contributed by atoms with E-state index >= 15 is 0 Å². The van der Waals surface area contributed by atoms with Crippen LogP contribution < -0.4 is 5.32 Å². The van der Waals surface area contributed by atoms with Gasteiger partial charge in [0.05, 0.1) is 19.2 Å². The van der Waals surface area contributed by atoms with Gasteiger partial charge in [0, 0.05) is 34.6 Å². The summed E-state index contributed by atoms with van der Waals surface area (Å²) in [5, 5.41) is 6.94. The van der Waals surface area contributed by atoms with Gasteiger partial charge in [-0.2, -0.15) is 4.98 Å². The SMILES string of the molecule is [2H]C([2H])([2H])c1ccn2c(C(=O)Nc3cc(-c4noc(C5CN(C(=O)OC)C5)n4)ccc3C)cnc2c1. The van der Waals surface area contributed by atoms with E-state index in [2.05, 4.69) is 20.4 Å². The number of nitrogens with zero attached hydrogens (tertiary/aromatic N) is 5. The van der Waals surface area contributed by atoms with Crippen LogP contribution in [-0.2, 0) is 4.74 Å². The van der Waals surface area contributed by atoms with Gasteiger partial charge in [-0.25, -0.2) is 9.78 Å². The Hall–Kier alpha value is -4.21.